The van der Waals surface area contributed by atoms with Crippen LogP contribution >= 0.6 is 0 Å². The van der Waals surface area contributed by atoms with Crippen LogP contribution in [0.25, 0.3) is 21.8 Å². The van der Waals surface area contributed by atoms with Crippen molar-refractivity contribution in [1.82, 2.24) is 14.3 Å². The second kappa shape index (κ2) is 10.3. The summed E-state index contributed by atoms with van der Waals surface area (Å²) in [6.07, 6.45) is 1.38. The van der Waals surface area contributed by atoms with E-state index in [1.54, 1.807) is 23.9 Å². The van der Waals surface area contributed by atoms with Crippen LogP contribution < -0.4 is 32.1 Å². The quantitative estimate of drug-likeness (QED) is 0.294. The van der Waals surface area contributed by atoms with Crippen LogP contribution in [0.15, 0.2) is 59.5 Å². The lowest BCUT2D eigenvalue weighted by Gasteiger charge is -2.12. The summed E-state index contributed by atoms with van der Waals surface area (Å²) >= 11 is -0.581. The van der Waals surface area contributed by atoms with E-state index in [-0.39, 0.29) is 24.2 Å². The summed E-state index contributed by atoms with van der Waals surface area (Å²) in [6, 6.07) is 13.4. The number of nitrogens with one attached hydrogen (secondary N) is 1. The van der Waals surface area contributed by atoms with Crippen LogP contribution in [0, 0.1) is 39.5 Å². The minimum atomic E-state index is -0.581. The number of amides is 1. The van der Waals surface area contributed by atoms with Gasteiger partial charge in [-0.3, -0.25) is 14.3 Å². The predicted molar refractivity (Wildman–Crippen MR) is 140 cm³/mol. The number of hydrogen-bond donors (Lipinski definition) is 1. The van der Waals surface area contributed by atoms with Gasteiger partial charge < -0.3 is 9.88 Å². The van der Waals surface area contributed by atoms with Crippen molar-refractivity contribution in [3.8, 4) is 0 Å². The van der Waals surface area contributed by atoms with E-state index in [1.807, 2.05) is 6.07 Å². The van der Waals surface area contributed by atoms with E-state index in [4.69, 9.17) is 0 Å². The molecule has 0 bridgehead atoms. The Kier molecular flexibility index (Phi) is 7.04. The van der Waals surface area contributed by atoms with Crippen LogP contribution in [0.1, 0.15) is 23.1 Å². The van der Waals surface area contributed by atoms with Gasteiger partial charge in [-0.15, -0.1) is 0 Å². The molecule has 5 aromatic rings. The zero-order valence-corrected chi connectivity index (χ0v) is 23.6. The molecule has 5 rings (SSSR count). The minimum absolute atomic E-state index is 0.00656. The van der Waals surface area contributed by atoms with Gasteiger partial charge in [0, 0.05) is 42.6 Å². The number of nitrogens with zero attached hydrogens (tertiary/aromatic N) is 3. The van der Waals surface area contributed by atoms with Crippen molar-refractivity contribution in [2.75, 3.05) is 5.32 Å². The molecule has 9 heteroatoms. The maximum atomic E-state index is 14.9. The van der Waals surface area contributed by atoms with Crippen molar-refractivity contribution in [1.29, 1.82) is 0 Å². The van der Waals surface area contributed by atoms with Gasteiger partial charge in [0.05, 0.1) is 28.3 Å². The highest BCUT2D eigenvalue weighted by Gasteiger charge is 2.23. The maximum absolute atomic E-state index is 14.9. The van der Waals surface area contributed by atoms with Gasteiger partial charge in [-0.2, -0.15) is 5.10 Å². The Morgan fingerprint density at radius 3 is 2.45 bits per heavy atom. The lowest BCUT2D eigenvalue weighted by atomic mass is 10.1. The molecule has 0 saturated carbocycles. The molecule has 38 heavy (non-hydrogen) atoms. The average Bonchev–Trinajstić information content (AvgIpc) is 3.24. The van der Waals surface area contributed by atoms with Gasteiger partial charge in [0.1, 0.15) is 5.82 Å². The molecule has 0 atom stereocenters. The summed E-state index contributed by atoms with van der Waals surface area (Å²) in [5, 5.41) is 7.83. The second-order valence-corrected chi connectivity index (χ2v) is 12.2. The van der Waals surface area contributed by atoms with Crippen molar-refractivity contribution in [2.45, 2.75) is 33.7 Å². The fraction of sp³-hybridized carbons (Fsp3) is 0.207. The van der Waals surface area contributed by atoms with Crippen LogP contribution in [0.5, 0.6) is 0 Å². The number of aryl methyl sites for hydroxylation is 5. The molecular formula is C29H26F2IN4O2+. The number of halogens is 3. The summed E-state index contributed by atoms with van der Waals surface area (Å²) in [7, 11) is 1.72. The first-order chi connectivity index (χ1) is 18.1. The number of carbonyl (C=O) groups excluding carboxylic acids is 1. The molecule has 1 amide bonds. The SMILES string of the molecule is Cc1cc(C)c([I+]c2ccc(NC(=O)CCn3c(=O)c4cnn(C)c4c4ccc(F)cc43)c(F)c2)c(C)c1. The van der Waals surface area contributed by atoms with E-state index in [9.17, 15) is 18.4 Å². The maximum Gasteiger partial charge on any atom is 0.358 e. The first-order valence-corrected chi connectivity index (χ1v) is 14.2. The van der Waals surface area contributed by atoms with Crippen LogP contribution in [0.2, 0.25) is 0 Å². The molecule has 0 fully saturated rings. The zero-order valence-electron chi connectivity index (χ0n) is 21.4. The third kappa shape index (κ3) is 4.94. The monoisotopic (exact) mass is 627 g/mol. The highest BCUT2D eigenvalue weighted by Crippen LogP contribution is 2.23. The zero-order chi connectivity index (χ0) is 27.1. The number of anilines is 1. The van der Waals surface area contributed by atoms with E-state index in [0.29, 0.717) is 21.8 Å². The molecule has 2 heterocycles. The van der Waals surface area contributed by atoms with Crippen molar-refractivity contribution < 1.29 is 34.8 Å². The number of rotatable bonds is 6. The van der Waals surface area contributed by atoms with E-state index in [0.717, 1.165) is 3.57 Å². The van der Waals surface area contributed by atoms with Crippen molar-refractivity contribution in [2.24, 2.45) is 7.05 Å². The fourth-order valence-electron chi connectivity index (χ4n) is 4.81. The largest absolute Gasteiger partial charge is 0.358 e. The Morgan fingerprint density at radius 1 is 1.00 bits per heavy atom. The van der Waals surface area contributed by atoms with Crippen molar-refractivity contribution >= 4 is 33.4 Å². The molecule has 0 aliphatic rings. The first-order valence-electron chi connectivity index (χ1n) is 12.1. The molecule has 0 radical (unpaired) electrons. The van der Waals surface area contributed by atoms with Gasteiger partial charge in [0.25, 0.3) is 5.56 Å². The lowest BCUT2D eigenvalue weighted by molar-refractivity contribution is -0.598. The van der Waals surface area contributed by atoms with Gasteiger partial charge in [-0.25, -0.2) is 8.78 Å². The number of hydrogen-bond acceptors (Lipinski definition) is 3. The number of pyridine rings is 1. The Labute approximate surface area is 228 Å². The molecule has 194 valence electrons. The van der Waals surface area contributed by atoms with Gasteiger partial charge in [-0.1, -0.05) is 17.7 Å². The van der Waals surface area contributed by atoms with Gasteiger partial charge >= 0.3 is 21.2 Å². The number of fused-ring (bicyclic) bond motifs is 3. The van der Waals surface area contributed by atoms with E-state index >= 15 is 0 Å². The van der Waals surface area contributed by atoms with E-state index in [2.05, 4.69) is 43.3 Å². The summed E-state index contributed by atoms with van der Waals surface area (Å²) in [6.45, 7) is 6.23. The average molecular weight is 627 g/mol. The number of benzene rings is 3. The van der Waals surface area contributed by atoms with Crippen LogP contribution in [0.4, 0.5) is 14.5 Å². The van der Waals surface area contributed by atoms with Crippen LogP contribution in [-0.4, -0.2) is 20.3 Å². The first kappa shape index (κ1) is 26.0. The normalized spacial score (nSPS) is 11.4. The molecule has 0 aliphatic heterocycles. The Balaban J connectivity index is 1.34. The van der Waals surface area contributed by atoms with Crippen molar-refractivity contribution in [3.63, 3.8) is 0 Å². The second-order valence-electron chi connectivity index (χ2n) is 9.38. The molecule has 0 unspecified atom stereocenters. The summed E-state index contributed by atoms with van der Waals surface area (Å²) in [4.78, 5) is 25.9. The molecule has 0 aliphatic carbocycles. The smallest absolute Gasteiger partial charge is 0.324 e. The molecule has 0 saturated heterocycles. The Bertz CT molecular complexity index is 1770. The van der Waals surface area contributed by atoms with Gasteiger partial charge in [0.2, 0.25) is 5.91 Å². The summed E-state index contributed by atoms with van der Waals surface area (Å²) in [5.41, 5.74) is 4.33. The van der Waals surface area contributed by atoms with E-state index in [1.165, 1.54) is 49.2 Å². The Morgan fingerprint density at radius 2 is 1.74 bits per heavy atom. The Hall–Kier alpha value is -3.60. The fourth-order valence-corrected chi connectivity index (χ4v) is 7.39. The topological polar surface area (TPSA) is 68.9 Å². The number of aromatic nitrogens is 3. The summed E-state index contributed by atoms with van der Waals surface area (Å²) in [5.74, 6) is -1.43. The minimum Gasteiger partial charge on any atom is -0.324 e. The highest BCUT2D eigenvalue weighted by atomic mass is 127. The van der Waals surface area contributed by atoms with Gasteiger partial charge in [0.15, 0.2) is 13.0 Å². The summed E-state index contributed by atoms with van der Waals surface area (Å²) < 4.78 is 34.1. The molecule has 0 spiro atoms. The number of carbonyl (C=O) groups is 1. The van der Waals surface area contributed by atoms with Crippen LogP contribution in [0.3, 0.4) is 0 Å². The molecule has 3 aromatic carbocycles. The third-order valence-corrected chi connectivity index (χ3v) is 10.0. The molecule has 2 aromatic heterocycles. The van der Waals surface area contributed by atoms with Crippen LogP contribution in [-0.2, 0) is 18.4 Å². The van der Waals surface area contributed by atoms with E-state index < -0.39 is 38.7 Å². The lowest BCUT2D eigenvalue weighted by Crippen LogP contribution is -3.62. The van der Waals surface area contributed by atoms with Gasteiger partial charge in [-0.05, 0) is 51.1 Å². The highest BCUT2D eigenvalue weighted by molar-refractivity contribution is 6.03. The molecule has 6 nitrogen and oxygen atoms in total. The predicted octanol–water partition coefficient (Wildman–Crippen LogP) is 2.25. The standard InChI is InChI=1S/C29H25F2IN4O2/c1-16-11-17(2)27(18(3)12-16)32-20-6-8-24(23(31)14-20)34-26(37)9-10-36-25-13-19(30)5-7-21(25)28-22(29(36)38)15-33-35(28)4/h5-8,11-15H,9-10H2,1-4H3/p+1. The third-order valence-electron chi connectivity index (χ3n) is 6.47. The molecular weight excluding hydrogens is 601 g/mol. The van der Waals surface area contributed by atoms with Crippen molar-refractivity contribution in [3.05, 3.63) is 101 Å². The molecule has 1 N–H and O–H groups in total.